The molecule has 3 fully saturated rings. The molecule has 7 atom stereocenters. The normalized spacial score (nSPS) is 43.8. The highest BCUT2D eigenvalue weighted by Gasteiger charge is 2.70. The number of rotatable bonds is 2. The molecule has 5 aliphatic rings. The largest absolute Gasteiger partial charge is 0.450 e. The van der Waals surface area contributed by atoms with Gasteiger partial charge >= 0.3 is 6.09 Å². The van der Waals surface area contributed by atoms with E-state index in [-0.39, 0.29) is 57.2 Å². The quantitative estimate of drug-likeness (QED) is 0.425. The van der Waals surface area contributed by atoms with Gasteiger partial charge in [0.15, 0.2) is 11.6 Å². The van der Waals surface area contributed by atoms with Crippen molar-refractivity contribution in [3.05, 3.63) is 23.3 Å². The molecular formula is C33H46N2O4. The van der Waals surface area contributed by atoms with Gasteiger partial charge in [-0.05, 0) is 86.0 Å². The molecule has 0 aromatic rings. The van der Waals surface area contributed by atoms with E-state index in [1.54, 1.807) is 0 Å². The maximum absolute atomic E-state index is 14.5. The smallest absolute Gasteiger partial charge is 0.407 e. The summed E-state index contributed by atoms with van der Waals surface area (Å²) in [5.41, 5.74) is -0.816. The molecule has 1 N–H and O–H groups in total. The number of nitriles is 1. The van der Waals surface area contributed by atoms with E-state index in [4.69, 9.17) is 4.74 Å². The zero-order valence-electron chi connectivity index (χ0n) is 25.1. The number of alkyl carbamates (subject to hydrolysis) is 1. The topological polar surface area (TPSA) is 96.3 Å². The highest BCUT2D eigenvalue weighted by Crippen LogP contribution is 2.73. The van der Waals surface area contributed by atoms with E-state index in [2.05, 4.69) is 46.0 Å². The second-order valence-electron chi connectivity index (χ2n) is 15.3. The van der Waals surface area contributed by atoms with Gasteiger partial charge in [0.05, 0.1) is 12.2 Å². The Balaban J connectivity index is 1.66. The molecule has 0 heterocycles. The summed E-state index contributed by atoms with van der Waals surface area (Å²) in [6.45, 7) is 17.5. The molecule has 6 heteroatoms. The molecule has 212 valence electrons. The Hall–Kier alpha value is -2.42. The predicted molar refractivity (Wildman–Crippen MR) is 149 cm³/mol. The second-order valence-corrected chi connectivity index (χ2v) is 15.3. The van der Waals surface area contributed by atoms with Gasteiger partial charge in [0.1, 0.15) is 6.07 Å². The molecule has 0 aliphatic heterocycles. The number of allylic oxidation sites excluding steroid dienone is 4. The van der Waals surface area contributed by atoms with Crippen molar-refractivity contribution in [2.45, 2.75) is 106 Å². The standard InChI is InChI=1S/C33H46N2O4/c1-9-39-27(38)35-33-14-12-28(2,3)18-21(33)25-22(36)16-24-30(6)17-20(19-34)26(37)29(4,5)23(30)10-11-31(24,7)32(25,8)13-15-33/h16-17,21,23,25H,9-15,18H2,1-8H3,(H,35,38)/t21?,23-,25?,30-,31+,32+,33-/m0/s1. The van der Waals surface area contributed by atoms with E-state index in [1.807, 2.05) is 32.9 Å². The highest BCUT2D eigenvalue weighted by atomic mass is 16.5. The molecule has 0 aromatic heterocycles. The summed E-state index contributed by atoms with van der Waals surface area (Å²) in [5, 5.41) is 13.2. The summed E-state index contributed by atoms with van der Waals surface area (Å²) in [6, 6.07) is 2.18. The number of nitrogens with zero attached hydrogens (tertiary/aromatic N) is 1. The van der Waals surface area contributed by atoms with Crippen LogP contribution in [0.1, 0.15) is 100 Å². The van der Waals surface area contributed by atoms with Crippen LogP contribution in [-0.4, -0.2) is 29.8 Å². The van der Waals surface area contributed by atoms with Gasteiger partial charge in [0, 0.05) is 22.3 Å². The van der Waals surface area contributed by atoms with Gasteiger partial charge in [0.25, 0.3) is 0 Å². The number of ketones is 2. The fourth-order valence-corrected chi connectivity index (χ4v) is 10.2. The van der Waals surface area contributed by atoms with Crippen molar-refractivity contribution in [3.8, 4) is 6.07 Å². The lowest BCUT2D eigenvalue weighted by Crippen LogP contribution is -2.69. The lowest BCUT2D eigenvalue weighted by molar-refractivity contribution is -0.160. The molecular weight excluding hydrogens is 488 g/mol. The van der Waals surface area contributed by atoms with Gasteiger partial charge in [-0.2, -0.15) is 5.26 Å². The van der Waals surface area contributed by atoms with E-state index in [9.17, 15) is 19.6 Å². The summed E-state index contributed by atoms with van der Waals surface area (Å²) >= 11 is 0. The number of ether oxygens (including phenoxy) is 1. The first-order valence-electron chi connectivity index (χ1n) is 14.9. The maximum Gasteiger partial charge on any atom is 0.407 e. The lowest BCUT2D eigenvalue weighted by atomic mass is 9.35. The fraction of sp³-hybridized carbons (Fsp3) is 0.758. The first kappa shape index (κ1) is 28.1. The molecule has 5 aliphatic carbocycles. The molecule has 0 saturated heterocycles. The minimum atomic E-state index is -0.670. The maximum atomic E-state index is 14.5. The van der Waals surface area contributed by atoms with E-state index in [0.717, 1.165) is 50.5 Å². The third-order valence-corrected chi connectivity index (χ3v) is 12.5. The molecule has 0 radical (unpaired) electrons. The van der Waals surface area contributed by atoms with Crippen molar-refractivity contribution in [2.75, 3.05) is 6.61 Å². The minimum Gasteiger partial charge on any atom is -0.450 e. The SMILES string of the molecule is CCOC(=O)N[C@]12CCC(C)(C)CC1C1C(=O)C=C3[C@@]4(C)C=C(C#N)C(=O)C(C)(C)[C@@H]4CC[C@@]3(C)[C@]1(C)CC2. The van der Waals surface area contributed by atoms with E-state index in [1.165, 1.54) is 0 Å². The van der Waals surface area contributed by atoms with Crippen molar-refractivity contribution in [1.82, 2.24) is 5.32 Å². The van der Waals surface area contributed by atoms with Crippen molar-refractivity contribution in [1.29, 1.82) is 5.26 Å². The molecule has 3 saturated carbocycles. The van der Waals surface area contributed by atoms with Crippen LogP contribution in [0, 0.1) is 56.2 Å². The van der Waals surface area contributed by atoms with Crippen molar-refractivity contribution < 1.29 is 19.1 Å². The van der Waals surface area contributed by atoms with E-state index >= 15 is 0 Å². The Morgan fingerprint density at radius 1 is 1.05 bits per heavy atom. The van der Waals surface area contributed by atoms with Crippen LogP contribution >= 0.6 is 0 Å². The minimum absolute atomic E-state index is 0.0200. The lowest BCUT2D eigenvalue weighted by Gasteiger charge is -2.69. The Morgan fingerprint density at radius 2 is 1.72 bits per heavy atom. The zero-order chi connectivity index (χ0) is 28.8. The molecule has 39 heavy (non-hydrogen) atoms. The number of carbonyl (C=O) groups excluding carboxylic acids is 3. The average Bonchev–Trinajstić information content (AvgIpc) is 2.84. The van der Waals surface area contributed by atoms with Crippen molar-refractivity contribution in [3.63, 3.8) is 0 Å². The number of carbonyl (C=O) groups is 3. The van der Waals surface area contributed by atoms with Gasteiger partial charge < -0.3 is 10.1 Å². The number of hydrogen-bond donors (Lipinski definition) is 1. The first-order valence-corrected chi connectivity index (χ1v) is 14.9. The molecule has 2 unspecified atom stereocenters. The van der Waals surface area contributed by atoms with Crippen LogP contribution in [0.2, 0.25) is 0 Å². The summed E-state index contributed by atoms with van der Waals surface area (Å²) in [6.07, 6.45) is 9.58. The Morgan fingerprint density at radius 3 is 2.36 bits per heavy atom. The fourth-order valence-electron chi connectivity index (χ4n) is 10.2. The van der Waals surface area contributed by atoms with E-state index < -0.39 is 16.4 Å². The monoisotopic (exact) mass is 534 g/mol. The van der Waals surface area contributed by atoms with Crippen LogP contribution < -0.4 is 5.32 Å². The molecule has 1 amide bonds. The first-order chi connectivity index (χ1) is 18.0. The number of Topliss-reactive ketones (excluding diaryl/α,β-unsaturated/α-hetero) is 1. The van der Waals surface area contributed by atoms with Gasteiger partial charge in [-0.15, -0.1) is 0 Å². The molecule has 0 aromatic carbocycles. The third kappa shape index (κ3) is 3.67. The van der Waals surface area contributed by atoms with Gasteiger partial charge in [-0.1, -0.05) is 60.1 Å². The van der Waals surface area contributed by atoms with Crippen molar-refractivity contribution >= 4 is 17.7 Å². The molecule has 0 bridgehead atoms. The van der Waals surface area contributed by atoms with Crippen molar-refractivity contribution in [2.24, 2.45) is 44.8 Å². The van der Waals surface area contributed by atoms with Crippen LogP contribution in [0.5, 0.6) is 0 Å². The Kier molecular flexibility index (Phi) is 6.16. The summed E-state index contributed by atoms with van der Waals surface area (Å²) < 4.78 is 5.35. The average molecular weight is 535 g/mol. The summed E-state index contributed by atoms with van der Waals surface area (Å²) in [5.74, 6) is -0.0969. The Bertz CT molecular complexity index is 1240. The summed E-state index contributed by atoms with van der Waals surface area (Å²) in [4.78, 5) is 40.5. The van der Waals surface area contributed by atoms with Crippen LogP contribution in [0.3, 0.4) is 0 Å². The highest BCUT2D eigenvalue weighted by molar-refractivity contribution is 6.04. The number of hydrogen-bond acceptors (Lipinski definition) is 5. The van der Waals surface area contributed by atoms with Gasteiger partial charge in [-0.25, -0.2) is 4.79 Å². The van der Waals surface area contributed by atoms with Gasteiger partial charge in [-0.3, -0.25) is 9.59 Å². The predicted octanol–water partition coefficient (Wildman–Crippen LogP) is 6.70. The Labute approximate surface area is 234 Å². The number of fused-ring (bicyclic) bond motifs is 7. The second kappa shape index (κ2) is 8.54. The van der Waals surface area contributed by atoms with Crippen LogP contribution in [0.15, 0.2) is 23.3 Å². The van der Waals surface area contributed by atoms with E-state index in [0.29, 0.717) is 6.61 Å². The van der Waals surface area contributed by atoms with Gasteiger partial charge in [0.2, 0.25) is 0 Å². The number of amides is 1. The molecule has 5 rings (SSSR count). The van der Waals surface area contributed by atoms with Crippen LogP contribution in [0.4, 0.5) is 4.79 Å². The molecule has 0 spiro atoms. The zero-order valence-corrected chi connectivity index (χ0v) is 25.1. The van der Waals surface area contributed by atoms with Crippen LogP contribution in [-0.2, 0) is 14.3 Å². The number of nitrogens with one attached hydrogen (secondary N) is 1. The van der Waals surface area contributed by atoms with Crippen LogP contribution in [0.25, 0.3) is 0 Å². The summed E-state index contributed by atoms with van der Waals surface area (Å²) in [7, 11) is 0. The third-order valence-electron chi connectivity index (χ3n) is 12.5. The molecule has 6 nitrogen and oxygen atoms in total.